The molecule has 0 aromatic carbocycles. The van der Waals surface area contributed by atoms with Gasteiger partial charge in [0, 0.05) is 6.42 Å². The van der Waals surface area contributed by atoms with Gasteiger partial charge in [0.05, 0.1) is 0 Å². The molecule has 0 aromatic heterocycles. The molecule has 2 nitrogen and oxygen atoms in total. The zero-order valence-electron chi connectivity index (χ0n) is 5.14. The molecule has 0 unspecified atom stereocenters. The third-order valence-electron chi connectivity index (χ3n) is 0.728. The van der Waals surface area contributed by atoms with E-state index >= 15 is 0 Å². The molecule has 0 saturated heterocycles. The van der Waals surface area contributed by atoms with Crippen LogP contribution in [0.1, 0.15) is 13.3 Å². The molecule has 0 aliphatic carbocycles. The van der Waals surface area contributed by atoms with Gasteiger partial charge in [0.15, 0.2) is 13.3 Å². The van der Waals surface area contributed by atoms with Gasteiger partial charge in [-0.25, -0.2) is 0 Å². The molecule has 0 fully saturated rings. The Hall–Kier alpha value is -0.530. The maximum Gasteiger partial charge on any atom is 0.191 e. The molecule has 7 heavy (non-hydrogen) atoms. The predicted octanol–water partition coefficient (Wildman–Crippen LogP) is 0.671. The van der Waals surface area contributed by atoms with Crippen LogP contribution in [0.2, 0.25) is 0 Å². The topological polar surface area (TPSA) is 12.2 Å². The highest BCUT2D eigenvalue weighted by molar-refractivity contribution is 5.49. The summed E-state index contributed by atoms with van der Waals surface area (Å²) in [4.78, 5) is 4.77. The van der Waals surface area contributed by atoms with Crippen molar-refractivity contribution in [3.63, 3.8) is 0 Å². The minimum Gasteiger partial charge on any atom is -0.281 e. The molecule has 0 spiro atoms. The number of hydrogen-bond acceptors (Lipinski definition) is 1. The number of nitrogens with zero attached hydrogens (tertiary/aromatic N) is 1. The summed E-state index contributed by atoms with van der Waals surface area (Å²) < 4.78 is 1.68. The van der Waals surface area contributed by atoms with Gasteiger partial charge in [-0.1, -0.05) is 6.92 Å². The molecule has 0 radical (unpaired) electrons. The molecule has 0 aromatic rings. The van der Waals surface area contributed by atoms with Crippen LogP contribution < -0.4 is 0 Å². The minimum atomic E-state index is 1.02. The Labute approximate surface area is 44.4 Å². The molecule has 0 saturated carbocycles. The first-order valence-corrected chi connectivity index (χ1v) is 2.41. The van der Waals surface area contributed by atoms with Crippen molar-refractivity contribution in [2.75, 3.05) is 14.2 Å². The van der Waals surface area contributed by atoms with Gasteiger partial charge in [0.1, 0.15) is 7.11 Å². The maximum absolute atomic E-state index is 4.77. The molecule has 42 valence electrons. The minimum absolute atomic E-state index is 1.02. The first-order valence-electron chi connectivity index (χ1n) is 2.41. The summed E-state index contributed by atoms with van der Waals surface area (Å²) in [5.41, 5.74) is 0. The third kappa shape index (κ3) is 3.30. The van der Waals surface area contributed by atoms with Crippen LogP contribution in [0.25, 0.3) is 0 Å². The van der Waals surface area contributed by atoms with E-state index in [0.717, 1.165) is 6.42 Å². The zero-order valence-corrected chi connectivity index (χ0v) is 5.14. The lowest BCUT2D eigenvalue weighted by Gasteiger charge is -1.85. The number of rotatable bonds is 2. The molecular weight excluding hydrogens is 90.1 g/mol. The molecule has 0 atom stereocenters. The van der Waals surface area contributed by atoms with Crippen LogP contribution in [0.5, 0.6) is 0 Å². The van der Waals surface area contributed by atoms with E-state index in [1.54, 1.807) is 11.8 Å². The van der Waals surface area contributed by atoms with Gasteiger partial charge in [0.25, 0.3) is 0 Å². The zero-order chi connectivity index (χ0) is 5.70. The van der Waals surface area contributed by atoms with Crippen LogP contribution in [0.3, 0.4) is 0 Å². The molecule has 0 rings (SSSR count). The Kier molecular flexibility index (Phi) is 3.38. The summed E-state index contributed by atoms with van der Waals surface area (Å²) in [6.45, 7) is 2.06. The van der Waals surface area contributed by atoms with Gasteiger partial charge >= 0.3 is 0 Å². The van der Waals surface area contributed by atoms with Crippen LogP contribution in [0.15, 0.2) is 0 Å². The van der Waals surface area contributed by atoms with Crippen molar-refractivity contribution in [3.05, 3.63) is 0 Å². The van der Waals surface area contributed by atoms with Crippen molar-refractivity contribution in [1.82, 2.24) is 0 Å². The van der Waals surface area contributed by atoms with Crippen LogP contribution >= 0.6 is 0 Å². The Morgan fingerprint density at radius 2 is 2.29 bits per heavy atom. The highest BCUT2D eigenvalue weighted by atomic mass is 16.6. The standard InChI is InChI=1S/C5H12NO/c1-4-5-6(2)7-3/h5H,4H2,1-3H3/q+1. The van der Waals surface area contributed by atoms with E-state index < -0.39 is 0 Å². The lowest BCUT2D eigenvalue weighted by molar-refractivity contribution is -0.758. The van der Waals surface area contributed by atoms with Crippen molar-refractivity contribution in [2.24, 2.45) is 0 Å². The van der Waals surface area contributed by atoms with E-state index in [-0.39, 0.29) is 0 Å². The van der Waals surface area contributed by atoms with Gasteiger partial charge in [-0.3, -0.25) is 4.84 Å². The summed E-state index contributed by atoms with van der Waals surface area (Å²) in [7, 11) is 3.51. The first-order chi connectivity index (χ1) is 3.31. The second-order valence-corrected chi connectivity index (χ2v) is 1.32. The van der Waals surface area contributed by atoms with Gasteiger partial charge in [-0.15, -0.1) is 0 Å². The van der Waals surface area contributed by atoms with Crippen LogP contribution in [0.4, 0.5) is 0 Å². The number of hydrogen-bond donors (Lipinski definition) is 0. The fourth-order valence-electron chi connectivity index (χ4n) is 0.332. The van der Waals surface area contributed by atoms with E-state index in [9.17, 15) is 0 Å². The van der Waals surface area contributed by atoms with Crippen LogP contribution in [-0.2, 0) is 4.84 Å². The summed E-state index contributed by atoms with van der Waals surface area (Å²) in [5.74, 6) is 0. The molecule has 0 aliphatic heterocycles. The predicted molar refractivity (Wildman–Crippen MR) is 29.5 cm³/mol. The third-order valence-corrected chi connectivity index (χ3v) is 0.728. The summed E-state index contributed by atoms with van der Waals surface area (Å²) in [5, 5.41) is 0. The van der Waals surface area contributed by atoms with E-state index in [2.05, 4.69) is 6.92 Å². The van der Waals surface area contributed by atoms with Gasteiger partial charge < -0.3 is 0 Å². The van der Waals surface area contributed by atoms with E-state index in [1.165, 1.54) is 0 Å². The van der Waals surface area contributed by atoms with Crippen molar-refractivity contribution < 1.29 is 9.58 Å². The van der Waals surface area contributed by atoms with Crippen molar-refractivity contribution in [2.45, 2.75) is 13.3 Å². The average Bonchev–Trinajstić information content (AvgIpc) is 1.68. The van der Waals surface area contributed by atoms with E-state index in [4.69, 9.17) is 4.84 Å². The summed E-state index contributed by atoms with van der Waals surface area (Å²) >= 11 is 0. The van der Waals surface area contributed by atoms with E-state index in [0.29, 0.717) is 0 Å². The highest BCUT2D eigenvalue weighted by Gasteiger charge is 1.83. The summed E-state index contributed by atoms with van der Waals surface area (Å²) in [6, 6.07) is 0. The van der Waals surface area contributed by atoms with Crippen molar-refractivity contribution >= 4 is 6.21 Å². The maximum atomic E-state index is 4.77. The summed E-state index contributed by atoms with van der Waals surface area (Å²) in [6.07, 6.45) is 2.98. The molecule has 0 N–H and O–H groups in total. The fraction of sp³-hybridized carbons (Fsp3) is 0.800. The molecule has 0 amide bonds. The van der Waals surface area contributed by atoms with Crippen molar-refractivity contribution in [3.8, 4) is 0 Å². The largest absolute Gasteiger partial charge is 0.281 e. The second kappa shape index (κ2) is 3.65. The second-order valence-electron chi connectivity index (χ2n) is 1.32. The Bertz CT molecular complexity index is 68.5. The SMILES string of the molecule is CCC=[N+](C)OC. The van der Waals surface area contributed by atoms with Gasteiger partial charge in [-0.2, -0.15) is 0 Å². The lowest BCUT2D eigenvalue weighted by atomic mass is 10.5. The molecule has 2 heteroatoms. The van der Waals surface area contributed by atoms with E-state index in [1.807, 2.05) is 13.3 Å². The average molecular weight is 102 g/mol. The molecular formula is C5H12NO+. The van der Waals surface area contributed by atoms with Crippen LogP contribution in [0, 0.1) is 0 Å². The Morgan fingerprint density at radius 1 is 1.71 bits per heavy atom. The van der Waals surface area contributed by atoms with Gasteiger partial charge in [-0.05, 0) is 4.74 Å². The molecule has 0 heterocycles. The lowest BCUT2D eigenvalue weighted by Crippen LogP contribution is -2.03. The Balaban J connectivity index is 3.29. The molecule has 0 bridgehead atoms. The Morgan fingerprint density at radius 3 is 2.43 bits per heavy atom. The van der Waals surface area contributed by atoms with Gasteiger partial charge in [0.2, 0.25) is 0 Å². The normalized spacial score (nSPS) is 11.6. The fourth-order valence-corrected chi connectivity index (χ4v) is 0.332. The quantitative estimate of drug-likeness (QED) is 0.283. The molecule has 0 aliphatic rings. The first kappa shape index (κ1) is 6.47. The van der Waals surface area contributed by atoms with Crippen molar-refractivity contribution in [1.29, 1.82) is 0 Å². The monoisotopic (exact) mass is 102 g/mol. The number of hydroxylamine groups is 1. The smallest absolute Gasteiger partial charge is 0.191 e. The highest BCUT2D eigenvalue weighted by Crippen LogP contribution is 1.67. The van der Waals surface area contributed by atoms with Crippen LogP contribution in [-0.4, -0.2) is 25.1 Å².